The molecule has 0 spiro atoms. The summed E-state index contributed by atoms with van der Waals surface area (Å²) in [6.45, 7) is 0. The maximum absolute atomic E-state index is 10.5. The molecule has 20 heavy (non-hydrogen) atoms. The highest BCUT2D eigenvalue weighted by molar-refractivity contribution is 7.99. The molecular formula is C15H16N2O2S. The molecular weight excluding hydrogens is 272 g/mol. The molecule has 1 N–H and O–H groups in total. The monoisotopic (exact) mass is 288 g/mol. The number of benzene rings is 1. The van der Waals surface area contributed by atoms with Crippen LogP contribution in [0.25, 0.3) is 6.08 Å². The molecule has 1 atom stereocenters. The summed E-state index contributed by atoms with van der Waals surface area (Å²) in [5, 5.41) is 17.9. The number of carboxylic acids is 1. The number of nitrogens with zero attached hydrogens (tertiary/aromatic N) is 2. The summed E-state index contributed by atoms with van der Waals surface area (Å²) in [4.78, 5) is 12.7. The van der Waals surface area contributed by atoms with Crippen LogP contribution in [0.4, 0.5) is 5.69 Å². The van der Waals surface area contributed by atoms with Crippen LogP contribution in [-0.4, -0.2) is 35.7 Å². The van der Waals surface area contributed by atoms with Crippen LogP contribution >= 0.6 is 11.8 Å². The van der Waals surface area contributed by atoms with Crippen molar-refractivity contribution >= 4 is 29.5 Å². The van der Waals surface area contributed by atoms with Crippen LogP contribution in [0.2, 0.25) is 0 Å². The first kappa shape index (κ1) is 14.5. The van der Waals surface area contributed by atoms with Crippen molar-refractivity contribution in [2.75, 3.05) is 23.5 Å². The summed E-state index contributed by atoms with van der Waals surface area (Å²) in [6.07, 6.45) is 3.71. The lowest BCUT2D eigenvalue weighted by atomic mass is 10.1. The average molecular weight is 288 g/mol. The normalized spacial score (nSPS) is 18.1. The van der Waals surface area contributed by atoms with Crippen LogP contribution in [0.1, 0.15) is 17.5 Å². The lowest BCUT2D eigenvalue weighted by molar-refractivity contribution is -0.131. The summed E-state index contributed by atoms with van der Waals surface area (Å²) in [5.74, 6) is 1.26. The van der Waals surface area contributed by atoms with Gasteiger partial charge < -0.3 is 10.0 Å². The Morgan fingerprint density at radius 2 is 2.40 bits per heavy atom. The van der Waals surface area contributed by atoms with Crippen LogP contribution < -0.4 is 4.90 Å². The lowest BCUT2D eigenvalue weighted by Crippen LogP contribution is -2.31. The summed E-state index contributed by atoms with van der Waals surface area (Å²) in [7, 11) is 2.01. The molecule has 1 saturated heterocycles. The van der Waals surface area contributed by atoms with Crippen molar-refractivity contribution in [1.82, 2.24) is 0 Å². The third-order valence-electron chi connectivity index (χ3n) is 3.39. The van der Waals surface area contributed by atoms with E-state index >= 15 is 0 Å². The minimum Gasteiger partial charge on any atom is -0.478 e. The maximum atomic E-state index is 10.5. The second kappa shape index (κ2) is 6.49. The fourth-order valence-electron chi connectivity index (χ4n) is 2.25. The van der Waals surface area contributed by atoms with Gasteiger partial charge in [-0.1, -0.05) is 6.07 Å². The Morgan fingerprint density at radius 3 is 3.00 bits per heavy atom. The van der Waals surface area contributed by atoms with Crippen molar-refractivity contribution in [2.45, 2.75) is 12.5 Å². The molecule has 4 nitrogen and oxygen atoms in total. The molecule has 0 amide bonds. The fourth-order valence-corrected chi connectivity index (χ4v) is 3.51. The van der Waals surface area contributed by atoms with Gasteiger partial charge in [-0.2, -0.15) is 17.0 Å². The van der Waals surface area contributed by atoms with Gasteiger partial charge in [-0.15, -0.1) is 0 Å². The molecule has 1 aromatic rings. The van der Waals surface area contributed by atoms with E-state index in [9.17, 15) is 10.1 Å². The number of anilines is 1. The Bertz CT molecular complexity index is 572. The number of thioether (sulfide) groups is 1. The van der Waals surface area contributed by atoms with E-state index in [0.29, 0.717) is 11.6 Å². The van der Waals surface area contributed by atoms with Crippen molar-refractivity contribution in [3.05, 3.63) is 35.4 Å². The lowest BCUT2D eigenvalue weighted by Gasteiger charge is -2.27. The van der Waals surface area contributed by atoms with E-state index in [1.54, 1.807) is 6.07 Å². The van der Waals surface area contributed by atoms with E-state index in [0.717, 1.165) is 35.3 Å². The third kappa shape index (κ3) is 3.34. The van der Waals surface area contributed by atoms with E-state index in [4.69, 9.17) is 5.11 Å². The van der Waals surface area contributed by atoms with Gasteiger partial charge in [0, 0.05) is 24.9 Å². The molecule has 0 radical (unpaired) electrons. The zero-order valence-electron chi connectivity index (χ0n) is 11.2. The number of hydrogen-bond donors (Lipinski definition) is 1. The van der Waals surface area contributed by atoms with Crippen molar-refractivity contribution in [1.29, 1.82) is 5.26 Å². The van der Waals surface area contributed by atoms with Gasteiger partial charge in [-0.05, 0) is 35.9 Å². The first-order valence-corrected chi connectivity index (χ1v) is 7.53. The Hall–Kier alpha value is -1.93. The van der Waals surface area contributed by atoms with E-state index in [1.807, 2.05) is 30.9 Å². The summed E-state index contributed by atoms with van der Waals surface area (Å²) in [5.41, 5.74) is 2.21. The third-order valence-corrected chi connectivity index (χ3v) is 4.54. The van der Waals surface area contributed by atoms with Crippen LogP contribution in [0.3, 0.4) is 0 Å². The molecule has 0 aliphatic carbocycles. The van der Waals surface area contributed by atoms with Crippen molar-refractivity contribution in [2.24, 2.45) is 0 Å². The van der Waals surface area contributed by atoms with Crippen LogP contribution in [0.15, 0.2) is 24.3 Å². The smallest absolute Gasteiger partial charge is 0.328 e. The Kier molecular flexibility index (Phi) is 4.70. The predicted molar refractivity (Wildman–Crippen MR) is 82.0 cm³/mol. The van der Waals surface area contributed by atoms with Gasteiger partial charge in [0.2, 0.25) is 0 Å². The van der Waals surface area contributed by atoms with E-state index < -0.39 is 5.97 Å². The highest BCUT2D eigenvalue weighted by Crippen LogP contribution is 2.28. The molecule has 1 aromatic carbocycles. The largest absolute Gasteiger partial charge is 0.478 e. The Balaban J connectivity index is 2.26. The Labute approximate surface area is 122 Å². The van der Waals surface area contributed by atoms with Crippen LogP contribution in [0, 0.1) is 11.3 Å². The van der Waals surface area contributed by atoms with Gasteiger partial charge >= 0.3 is 5.97 Å². The van der Waals surface area contributed by atoms with Gasteiger partial charge in [-0.25, -0.2) is 4.79 Å². The van der Waals surface area contributed by atoms with E-state index in [1.165, 1.54) is 6.08 Å². The zero-order valence-corrected chi connectivity index (χ0v) is 12.1. The Morgan fingerprint density at radius 1 is 1.60 bits per heavy atom. The summed E-state index contributed by atoms with van der Waals surface area (Å²) >= 11 is 1.93. The minimum absolute atomic E-state index is 0.465. The van der Waals surface area contributed by atoms with Crippen molar-refractivity contribution in [3.8, 4) is 6.07 Å². The van der Waals surface area contributed by atoms with Gasteiger partial charge in [0.1, 0.15) is 6.07 Å². The summed E-state index contributed by atoms with van der Waals surface area (Å²) in [6, 6.07) is 8.13. The quantitative estimate of drug-likeness (QED) is 0.863. The molecule has 5 heteroatoms. The van der Waals surface area contributed by atoms with Crippen molar-refractivity contribution in [3.63, 3.8) is 0 Å². The second-order valence-electron chi connectivity index (χ2n) is 4.69. The number of nitriles is 1. The predicted octanol–water partition coefficient (Wildman–Crippen LogP) is 2.60. The van der Waals surface area contributed by atoms with Crippen LogP contribution in [0.5, 0.6) is 0 Å². The summed E-state index contributed by atoms with van der Waals surface area (Å²) < 4.78 is 0. The van der Waals surface area contributed by atoms with Gasteiger partial charge in [0.25, 0.3) is 0 Å². The van der Waals surface area contributed by atoms with E-state index in [2.05, 4.69) is 11.0 Å². The standard InChI is InChI=1S/C15H16N2O2S/c1-17(13-6-7-20-10-13)14-4-2-11(3-5-15(18)19)8-12(14)9-16/h2-5,8,13H,6-7,10H2,1H3,(H,18,19)/b5-3+. The highest BCUT2D eigenvalue weighted by atomic mass is 32.2. The molecule has 0 bridgehead atoms. The minimum atomic E-state index is -0.993. The molecule has 0 aromatic heterocycles. The zero-order chi connectivity index (χ0) is 14.5. The number of carbonyl (C=O) groups is 1. The molecule has 0 saturated carbocycles. The fraction of sp³-hybridized carbons (Fsp3) is 0.333. The molecule has 1 aliphatic rings. The topological polar surface area (TPSA) is 64.3 Å². The maximum Gasteiger partial charge on any atom is 0.328 e. The van der Waals surface area contributed by atoms with Gasteiger partial charge in [0.05, 0.1) is 11.3 Å². The number of aliphatic carboxylic acids is 1. The van der Waals surface area contributed by atoms with E-state index in [-0.39, 0.29) is 0 Å². The number of hydrogen-bond acceptors (Lipinski definition) is 4. The molecule has 1 heterocycles. The highest BCUT2D eigenvalue weighted by Gasteiger charge is 2.21. The number of carboxylic acid groups (broad SMARTS) is 1. The molecule has 1 fully saturated rings. The average Bonchev–Trinajstić information content (AvgIpc) is 2.98. The molecule has 2 rings (SSSR count). The first-order valence-electron chi connectivity index (χ1n) is 6.37. The molecule has 104 valence electrons. The second-order valence-corrected chi connectivity index (χ2v) is 5.84. The SMILES string of the molecule is CN(c1ccc(/C=C/C(=O)O)cc1C#N)C1CCSC1. The molecule has 1 aliphatic heterocycles. The number of rotatable bonds is 4. The van der Waals surface area contributed by atoms with Crippen LogP contribution in [-0.2, 0) is 4.79 Å². The first-order chi connectivity index (χ1) is 9.61. The van der Waals surface area contributed by atoms with Crippen molar-refractivity contribution < 1.29 is 9.90 Å². The van der Waals surface area contributed by atoms with Gasteiger partial charge in [-0.3, -0.25) is 0 Å². The van der Waals surface area contributed by atoms with Gasteiger partial charge in [0.15, 0.2) is 0 Å². The molecule has 1 unspecified atom stereocenters.